The van der Waals surface area contributed by atoms with Crippen LogP contribution in [-0.4, -0.2) is 15.0 Å². The number of benzene rings is 1. The molecule has 3 aromatic rings. The fourth-order valence-corrected chi connectivity index (χ4v) is 2.64. The Kier molecular flexibility index (Phi) is 4.39. The van der Waals surface area contributed by atoms with E-state index in [-0.39, 0.29) is 5.82 Å². The maximum absolute atomic E-state index is 14.3. The van der Waals surface area contributed by atoms with E-state index in [1.807, 2.05) is 13.0 Å². The van der Waals surface area contributed by atoms with E-state index in [0.717, 1.165) is 5.39 Å². The minimum atomic E-state index is -0.169. The molecule has 1 aromatic carbocycles. The summed E-state index contributed by atoms with van der Waals surface area (Å²) < 4.78 is 14.3. The summed E-state index contributed by atoms with van der Waals surface area (Å²) in [5.74, 6) is 1.07. The number of halogens is 2. The van der Waals surface area contributed by atoms with Gasteiger partial charge in [-0.2, -0.15) is 0 Å². The van der Waals surface area contributed by atoms with Gasteiger partial charge in [0.05, 0.1) is 11.7 Å². The van der Waals surface area contributed by atoms with Crippen LogP contribution in [0.15, 0.2) is 30.5 Å². The average molecular weight is 331 g/mol. The second-order valence-corrected chi connectivity index (χ2v) is 5.63. The molecule has 1 N–H and O–H groups in total. The molecule has 0 radical (unpaired) electrons. The van der Waals surface area contributed by atoms with E-state index in [2.05, 4.69) is 20.3 Å². The van der Waals surface area contributed by atoms with Crippen molar-refractivity contribution in [1.29, 1.82) is 0 Å². The van der Waals surface area contributed by atoms with Crippen molar-refractivity contribution < 1.29 is 4.39 Å². The van der Waals surface area contributed by atoms with Gasteiger partial charge in [0, 0.05) is 17.5 Å². The molecule has 2 aromatic heterocycles. The van der Waals surface area contributed by atoms with E-state index in [9.17, 15) is 4.39 Å². The second kappa shape index (κ2) is 6.46. The summed E-state index contributed by atoms with van der Waals surface area (Å²) in [4.78, 5) is 12.8. The van der Waals surface area contributed by atoms with Crippen LogP contribution in [0.25, 0.3) is 10.9 Å². The average Bonchev–Trinajstić information content (AvgIpc) is 2.54. The van der Waals surface area contributed by atoms with Crippen molar-refractivity contribution in [2.45, 2.75) is 26.8 Å². The molecule has 0 atom stereocenters. The molecule has 0 unspecified atom stereocenters. The molecule has 0 spiro atoms. The van der Waals surface area contributed by atoms with Gasteiger partial charge in [0.15, 0.2) is 0 Å². The van der Waals surface area contributed by atoms with Crippen molar-refractivity contribution in [1.82, 2.24) is 15.0 Å². The predicted octanol–water partition coefficient (Wildman–Crippen LogP) is 4.30. The van der Waals surface area contributed by atoms with Gasteiger partial charge >= 0.3 is 0 Å². The molecule has 2 heterocycles. The number of nitrogens with one attached hydrogen (secondary N) is 1. The van der Waals surface area contributed by atoms with Gasteiger partial charge in [0.2, 0.25) is 0 Å². The number of fused-ring (bicyclic) bond motifs is 1. The Morgan fingerprint density at radius 3 is 2.78 bits per heavy atom. The normalized spacial score (nSPS) is 11.0. The van der Waals surface area contributed by atoms with Crippen LogP contribution in [0.1, 0.15) is 23.9 Å². The maximum Gasteiger partial charge on any atom is 0.138 e. The monoisotopic (exact) mass is 330 g/mol. The van der Waals surface area contributed by atoms with E-state index in [4.69, 9.17) is 11.6 Å². The lowest BCUT2D eigenvalue weighted by Crippen LogP contribution is -2.07. The van der Waals surface area contributed by atoms with E-state index >= 15 is 0 Å². The van der Waals surface area contributed by atoms with E-state index in [0.29, 0.717) is 46.4 Å². The Hall–Kier alpha value is -2.27. The fourth-order valence-electron chi connectivity index (χ4n) is 2.48. The second-order valence-electron chi connectivity index (χ2n) is 5.24. The van der Waals surface area contributed by atoms with E-state index < -0.39 is 0 Å². The standard InChI is InChI=1S/C17H16ClFN4/c1-3-11-5-4-6-12(16(11)19)8-21-17-13-7-15(18)20-9-14(13)22-10(2)23-17/h4-7,9H,3,8H2,1-2H3,(H,21,22,23). The third kappa shape index (κ3) is 3.24. The third-order valence-corrected chi connectivity index (χ3v) is 3.85. The first kappa shape index (κ1) is 15.6. The van der Waals surface area contributed by atoms with Gasteiger partial charge in [-0.3, -0.25) is 0 Å². The Morgan fingerprint density at radius 1 is 1.22 bits per heavy atom. The first-order chi connectivity index (χ1) is 11.1. The van der Waals surface area contributed by atoms with E-state index in [1.165, 1.54) is 0 Å². The van der Waals surface area contributed by atoms with Gasteiger partial charge in [0.1, 0.15) is 22.6 Å². The number of rotatable bonds is 4. The SMILES string of the molecule is CCc1cccc(CNc2nc(C)nc3cnc(Cl)cc23)c1F. The molecule has 3 rings (SSSR count). The Morgan fingerprint density at radius 2 is 2.00 bits per heavy atom. The highest BCUT2D eigenvalue weighted by atomic mass is 35.5. The summed E-state index contributed by atoms with van der Waals surface area (Å²) in [5, 5.41) is 4.32. The van der Waals surface area contributed by atoms with Crippen LogP contribution < -0.4 is 5.32 Å². The molecule has 0 aliphatic heterocycles. The first-order valence-corrected chi connectivity index (χ1v) is 7.76. The molecule has 0 amide bonds. The van der Waals surface area contributed by atoms with Gasteiger partial charge in [-0.25, -0.2) is 19.3 Å². The number of aryl methyl sites for hydroxylation is 2. The topological polar surface area (TPSA) is 50.7 Å². The third-order valence-electron chi connectivity index (χ3n) is 3.65. The summed E-state index contributed by atoms with van der Waals surface area (Å²) in [6, 6.07) is 7.14. The Bertz CT molecular complexity index is 867. The Balaban J connectivity index is 1.94. The highest BCUT2D eigenvalue weighted by Crippen LogP contribution is 2.23. The molecule has 0 bridgehead atoms. The van der Waals surface area contributed by atoms with Crippen molar-refractivity contribution in [2.24, 2.45) is 0 Å². The molecule has 4 nitrogen and oxygen atoms in total. The lowest BCUT2D eigenvalue weighted by Gasteiger charge is -2.11. The van der Waals surface area contributed by atoms with Crippen molar-refractivity contribution in [3.8, 4) is 0 Å². The van der Waals surface area contributed by atoms with Crippen molar-refractivity contribution in [2.75, 3.05) is 5.32 Å². The summed E-state index contributed by atoms with van der Waals surface area (Å²) in [6.07, 6.45) is 2.27. The fraction of sp³-hybridized carbons (Fsp3) is 0.235. The minimum absolute atomic E-state index is 0.169. The zero-order valence-electron chi connectivity index (χ0n) is 12.9. The number of nitrogens with zero attached hydrogens (tertiary/aromatic N) is 3. The molecule has 118 valence electrons. The van der Waals surface area contributed by atoms with Crippen LogP contribution in [0, 0.1) is 12.7 Å². The first-order valence-electron chi connectivity index (χ1n) is 7.38. The van der Waals surface area contributed by atoms with Crippen LogP contribution >= 0.6 is 11.6 Å². The smallest absolute Gasteiger partial charge is 0.138 e. The number of hydrogen-bond acceptors (Lipinski definition) is 4. The quantitative estimate of drug-likeness (QED) is 0.725. The largest absolute Gasteiger partial charge is 0.365 e. The summed E-state index contributed by atoms with van der Waals surface area (Å²) in [6.45, 7) is 4.08. The Labute approximate surface area is 138 Å². The van der Waals surface area contributed by atoms with E-state index in [1.54, 1.807) is 31.3 Å². The number of anilines is 1. The zero-order valence-corrected chi connectivity index (χ0v) is 13.7. The maximum atomic E-state index is 14.3. The predicted molar refractivity (Wildman–Crippen MR) is 90.2 cm³/mol. The highest BCUT2D eigenvalue weighted by molar-refractivity contribution is 6.30. The molecule has 0 aliphatic carbocycles. The summed E-state index contributed by atoms with van der Waals surface area (Å²) >= 11 is 5.96. The molecular weight excluding hydrogens is 315 g/mol. The lowest BCUT2D eigenvalue weighted by atomic mass is 10.1. The molecule has 6 heteroatoms. The van der Waals surface area contributed by atoms with Crippen molar-refractivity contribution in [3.63, 3.8) is 0 Å². The van der Waals surface area contributed by atoms with Crippen LogP contribution in [0.2, 0.25) is 5.15 Å². The van der Waals surface area contributed by atoms with Gasteiger partial charge in [-0.05, 0) is 25.0 Å². The molecule has 0 aliphatic rings. The minimum Gasteiger partial charge on any atom is -0.365 e. The number of pyridine rings is 1. The van der Waals surface area contributed by atoms with Gasteiger partial charge in [-0.15, -0.1) is 0 Å². The molecule has 23 heavy (non-hydrogen) atoms. The van der Waals surface area contributed by atoms with Crippen LogP contribution in [0.3, 0.4) is 0 Å². The molecule has 0 saturated carbocycles. The van der Waals surface area contributed by atoms with Crippen LogP contribution in [-0.2, 0) is 13.0 Å². The van der Waals surface area contributed by atoms with Gasteiger partial charge in [0.25, 0.3) is 0 Å². The number of aromatic nitrogens is 3. The zero-order chi connectivity index (χ0) is 16.4. The summed E-state index contributed by atoms with van der Waals surface area (Å²) in [5.41, 5.74) is 2.02. The molecular formula is C17H16ClFN4. The molecule has 0 fully saturated rings. The lowest BCUT2D eigenvalue weighted by molar-refractivity contribution is 0.597. The van der Waals surface area contributed by atoms with Crippen LogP contribution in [0.5, 0.6) is 0 Å². The highest BCUT2D eigenvalue weighted by Gasteiger charge is 2.10. The number of hydrogen-bond donors (Lipinski definition) is 1. The van der Waals surface area contributed by atoms with Gasteiger partial charge in [-0.1, -0.05) is 36.7 Å². The van der Waals surface area contributed by atoms with Crippen molar-refractivity contribution in [3.05, 3.63) is 58.4 Å². The molecule has 0 saturated heterocycles. The summed E-state index contributed by atoms with van der Waals surface area (Å²) in [7, 11) is 0. The van der Waals surface area contributed by atoms with Crippen molar-refractivity contribution >= 4 is 28.3 Å². The van der Waals surface area contributed by atoms with Crippen LogP contribution in [0.4, 0.5) is 10.2 Å². The van der Waals surface area contributed by atoms with Gasteiger partial charge < -0.3 is 5.32 Å².